The summed E-state index contributed by atoms with van der Waals surface area (Å²) in [6.07, 6.45) is 4.67. The maximum absolute atomic E-state index is 12.6. The van der Waals surface area contributed by atoms with Gasteiger partial charge >= 0.3 is 0 Å². The first-order chi connectivity index (χ1) is 15.2. The van der Waals surface area contributed by atoms with Crippen molar-refractivity contribution in [3.05, 3.63) is 71.3 Å². The molecule has 5 heteroatoms. The summed E-state index contributed by atoms with van der Waals surface area (Å²) < 4.78 is 11.3. The van der Waals surface area contributed by atoms with Gasteiger partial charge in [0.15, 0.2) is 11.5 Å². The monoisotopic (exact) mass is 432 g/mol. The van der Waals surface area contributed by atoms with E-state index in [4.69, 9.17) is 9.47 Å². The van der Waals surface area contributed by atoms with Gasteiger partial charge in [0.05, 0.1) is 7.11 Å². The van der Waals surface area contributed by atoms with Gasteiger partial charge in [0.1, 0.15) is 12.3 Å². The number of benzene rings is 2. The molecule has 0 aliphatic carbocycles. The summed E-state index contributed by atoms with van der Waals surface area (Å²) in [5.74, 6) is 1.42. The van der Waals surface area contributed by atoms with Crippen LogP contribution in [0.15, 0.2) is 54.6 Å². The van der Waals surface area contributed by atoms with Gasteiger partial charge in [-0.3, -0.25) is 4.79 Å². The molecule has 0 saturated carbocycles. The summed E-state index contributed by atoms with van der Waals surface area (Å²) in [5.41, 5.74) is 4.63. The maximum Gasteiger partial charge on any atom is 0.223 e. The molecule has 5 nitrogen and oxygen atoms in total. The van der Waals surface area contributed by atoms with E-state index in [-0.39, 0.29) is 11.3 Å². The van der Waals surface area contributed by atoms with Crippen LogP contribution in [0.3, 0.4) is 0 Å². The highest BCUT2D eigenvalue weighted by Gasteiger charge is 2.57. The third-order valence-corrected chi connectivity index (χ3v) is 6.57. The first-order valence-corrected chi connectivity index (χ1v) is 11.0. The number of amides is 1. The van der Waals surface area contributed by atoms with Crippen LogP contribution in [0.1, 0.15) is 43.9 Å². The SMILES string of the molecule is C=C(C)COc1ccc(/C=C/[C@]23NC(=O)CCN2c2ccc(C)cc2C3(C)C)cc1OC. The summed E-state index contributed by atoms with van der Waals surface area (Å²) >= 11 is 0. The molecule has 168 valence electrons. The van der Waals surface area contributed by atoms with Gasteiger partial charge in [0.2, 0.25) is 5.91 Å². The van der Waals surface area contributed by atoms with Gasteiger partial charge in [0.25, 0.3) is 0 Å². The number of carbonyl (C=O) groups is 1. The summed E-state index contributed by atoms with van der Waals surface area (Å²) in [7, 11) is 1.64. The minimum Gasteiger partial charge on any atom is -0.493 e. The van der Waals surface area contributed by atoms with E-state index in [0.717, 1.165) is 11.1 Å². The van der Waals surface area contributed by atoms with Gasteiger partial charge < -0.3 is 19.7 Å². The molecule has 1 atom stereocenters. The van der Waals surface area contributed by atoms with Crippen molar-refractivity contribution in [3.63, 3.8) is 0 Å². The Balaban J connectivity index is 1.73. The van der Waals surface area contributed by atoms with Gasteiger partial charge in [-0.2, -0.15) is 0 Å². The molecule has 0 bridgehead atoms. The van der Waals surface area contributed by atoms with E-state index >= 15 is 0 Å². The first kappa shape index (κ1) is 22.0. The molecule has 4 rings (SSSR count). The highest BCUT2D eigenvalue weighted by molar-refractivity contribution is 5.84. The molecular weight excluding hydrogens is 400 g/mol. The van der Waals surface area contributed by atoms with Crippen LogP contribution in [-0.4, -0.2) is 31.8 Å². The summed E-state index contributed by atoms with van der Waals surface area (Å²) in [6.45, 7) is 13.5. The van der Waals surface area contributed by atoms with Crippen LogP contribution in [0, 0.1) is 6.92 Å². The Morgan fingerprint density at radius 1 is 1.22 bits per heavy atom. The van der Waals surface area contributed by atoms with E-state index in [1.807, 2.05) is 25.1 Å². The predicted molar refractivity (Wildman–Crippen MR) is 129 cm³/mol. The Bertz CT molecular complexity index is 1100. The third-order valence-electron chi connectivity index (χ3n) is 6.57. The van der Waals surface area contributed by atoms with E-state index < -0.39 is 5.66 Å². The molecule has 1 fully saturated rings. The molecule has 0 unspecified atom stereocenters. The molecule has 2 aliphatic heterocycles. The van der Waals surface area contributed by atoms with E-state index in [0.29, 0.717) is 31.1 Å². The number of nitrogens with one attached hydrogen (secondary N) is 1. The van der Waals surface area contributed by atoms with E-state index in [2.05, 4.69) is 67.9 Å². The standard InChI is InChI=1S/C27H32N2O3/c1-18(2)17-32-23-10-8-20(16-24(23)31-6)11-13-27-26(4,5)21-15-19(3)7-9-22(21)29(27)14-12-25(30)28-27/h7-11,13,15-16H,1,12,14,17H2,2-6H3,(H,28,30)/b13-11+/t27-/m0/s1. The molecule has 0 aromatic heterocycles. The van der Waals surface area contributed by atoms with Crippen LogP contribution in [0.5, 0.6) is 11.5 Å². The molecule has 32 heavy (non-hydrogen) atoms. The largest absolute Gasteiger partial charge is 0.493 e. The highest BCUT2D eigenvalue weighted by atomic mass is 16.5. The van der Waals surface area contributed by atoms with Gasteiger partial charge in [0, 0.05) is 24.1 Å². The van der Waals surface area contributed by atoms with Crippen molar-refractivity contribution in [1.82, 2.24) is 5.32 Å². The fraction of sp³-hybridized carbons (Fsp3) is 0.370. The molecule has 1 amide bonds. The lowest BCUT2D eigenvalue weighted by molar-refractivity contribution is -0.124. The molecule has 1 N–H and O–H groups in total. The molecule has 0 spiro atoms. The number of rotatable bonds is 6. The average Bonchev–Trinajstić information content (AvgIpc) is 2.94. The zero-order chi connectivity index (χ0) is 23.1. The number of hydrogen-bond acceptors (Lipinski definition) is 4. The van der Waals surface area contributed by atoms with Crippen molar-refractivity contribution in [2.24, 2.45) is 0 Å². The molecule has 0 radical (unpaired) electrons. The Kier molecular flexibility index (Phi) is 5.53. The highest BCUT2D eigenvalue weighted by Crippen LogP contribution is 2.52. The van der Waals surface area contributed by atoms with Gasteiger partial charge in [-0.05, 0) is 54.8 Å². The minimum absolute atomic E-state index is 0.0737. The zero-order valence-corrected chi connectivity index (χ0v) is 19.6. The van der Waals surface area contributed by atoms with Crippen molar-refractivity contribution < 1.29 is 14.3 Å². The Labute approximate surface area is 190 Å². The normalized spacial score (nSPS) is 21.2. The molecule has 2 aromatic carbocycles. The minimum atomic E-state index is -0.638. The van der Waals surface area contributed by atoms with Crippen LogP contribution < -0.4 is 19.7 Å². The number of hydrogen-bond donors (Lipinski definition) is 1. The molecule has 2 aromatic rings. The number of aryl methyl sites for hydroxylation is 1. The van der Waals surface area contributed by atoms with Crippen LogP contribution >= 0.6 is 0 Å². The molecule has 1 saturated heterocycles. The second kappa shape index (κ2) is 8.05. The second-order valence-electron chi connectivity index (χ2n) is 9.35. The summed E-state index contributed by atoms with van der Waals surface area (Å²) in [5, 5.41) is 3.33. The van der Waals surface area contributed by atoms with Crippen LogP contribution in [0.4, 0.5) is 5.69 Å². The third kappa shape index (κ3) is 3.56. The van der Waals surface area contributed by atoms with Gasteiger partial charge in [-0.15, -0.1) is 0 Å². The summed E-state index contributed by atoms with van der Waals surface area (Å²) in [4.78, 5) is 14.9. The zero-order valence-electron chi connectivity index (χ0n) is 19.6. The Morgan fingerprint density at radius 3 is 2.72 bits per heavy atom. The number of nitrogens with zero attached hydrogens (tertiary/aromatic N) is 1. The fourth-order valence-electron chi connectivity index (χ4n) is 4.79. The maximum atomic E-state index is 12.6. The molecule has 2 heterocycles. The van der Waals surface area contributed by atoms with Crippen molar-refractivity contribution in [2.75, 3.05) is 25.2 Å². The van der Waals surface area contributed by atoms with Crippen molar-refractivity contribution >= 4 is 17.7 Å². The lowest BCUT2D eigenvalue weighted by Crippen LogP contribution is -2.68. The number of fused-ring (bicyclic) bond motifs is 3. The van der Waals surface area contributed by atoms with Crippen molar-refractivity contribution in [2.45, 2.75) is 45.2 Å². The number of ether oxygens (including phenoxy) is 2. The van der Waals surface area contributed by atoms with E-state index in [9.17, 15) is 4.79 Å². The number of anilines is 1. The Morgan fingerprint density at radius 2 is 2.00 bits per heavy atom. The molecule has 2 aliphatic rings. The number of carbonyl (C=O) groups excluding carboxylic acids is 1. The van der Waals surface area contributed by atoms with Crippen LogP contribution in [-0.2, 0) is 10.2 Å². The van der Waals surface area contributed by atoms with Gasteiger partial charge in [-0.25, -0.2) is 0 Å². The average molecular weight is 433 g/mol. The second-order valence-corrected chi connectivity index (χ2v) is 9.35. The van der Waals surface area contributed by atoms with E-state index in [1.54, 1.807) is 7.11 Å². The lowest BCUT2D eigenvalue weighted by atomic mass is 9.74. The number of methoxy groups -OCH3 is 1. The Hall–Kier alpha value is -3.21. The predicted octanol–water partition coefficient (Wildman–Crippen LogP) is 4.99. The van der Waals surface area contributed by atoms with Crippen molar-refractivity contribution in [3.8, 4) is 11.5 Å². The lowest BCUT2D eigenvalue weighted by Gasteiger charge is -2.49. The van der Waals surface area contributed by atoms with Crippen LogP contribution in [0.25, 0.3) is 6.08 Å². The summed E-state index contributed by atoms with van der Waals surface area (Å²) in [6, 6.07) is 12.4. The fourth-order valence-corrected chi connectivity index (χ4v) is 4.79. The van der Waals surface area contributed by atoms with Crippen molar-refractivity contribution in [1.29, 1.82) is 0 Å². The van der Waals surface area contributed by atoms with Crippen LogP contribution in [0.2, 0.25) is 0 Å². The van der Waals surface area contributed by atoms with E-state index in [1.165, 1.54) is 16.8 Å². The molecular formula is C27H32N2O3. The smallest absolute Gasteiger partial charge is 0.223 e. The topological polar surface area (TPSA) is 50.8 Å². The first-order valence-electron chi connectivity index (χ1n) is 11.0. The van der Waals surface area contributed by atoms with Gasteiger partial charge in [-0.1, -0.05) is 50.3 Å². The quantitative estimate of drug-likeness (QED) is 0.654.